The van der Waals surface area contributed by atoms with Gasteiger partial charge in [0.2, 0.25) is 0 Å². The summed E-state index contributed by atoms with van der Waals surface area (Å²) in [6.07, 6.45) is 2.01. The Balaban J connectivity index is 0.00000196. The quantitative estimate of drug-likeness (QED) is 0.522. The Kier molecular flexibility index (Phi) is 9.24. The Labute approximate surface area is 175 Å². The van der Waals surface area contributed by atoms with Crippen LogP contribution in [0, 0.1) is 0 Å². The number of nitrogens with two attached hydrogens (primary N) is 1. The van der Waals surface area contributed by atoms with Crippen LogP contribution in [-0.2, 0) is 11.2 Å². The number of halogens is 2. The minimum absolute atomic E-state index is 0. The lowest BCUT2D eigenvalue weighted by molar-refractivity contribution is -0.138. The van der Waals surface area contributed by atoms with Gasteiger partial charge in [-0.25, -0.2) is 4.98 Å². The van der Waals surface area contributed by atoms with Gasteiger partial charge in [-0.3, -0.25) is 4.79 Å². The fraction of sp³-hybridized carbons (Fsp3) is 0.100. The number of carbonyl (C=O) groups is 1. The lowest BCUT2D eigenvalue weighted by Gasteiger charge is -2.10. The van der Waals surface area contributed by atoms with E-state index < -0.39 is 12.0 Å². The number of benzene rings is 2. The molecule has 0 aliphatic rings. The van der Waals surface area contributed by atoms with E-state index >= 15 is 0 Å². The SMILES string of the molecule is Cl.Cl.N[C@@H](Cc1ccc(Oc2ccc(Nc3ccccn3)cc2)cc1)C(=O)O. The number of hydrogen-bond donors (Lipinski definition) is 3. The van der Waals surface area contributed by atoms with Gasteiger partial charge in [0.15, 0.2) is 0 Å². The van der Waals surface area contributed by atoms with Crippen molar-refractivity contribution in [2.24, 2.45) is 5.73 Å². The van der Waals surface area contributed by atoms with E-state index in [1.165, 1.54) is 0 Å². The molecule has 0 fully saturated rings. The summed E-state index contributed by atoms with van der Waals surface area (Å²) >= 11 is 0. The number of anilines is 2. The highest BCUT2D eigenvalue weighted by atomic mass is 35.5. The Morgan fingerprint density at radius 3 is 2.14 bits per heavy atom. The van der Waals surface area contributed by atoms with Gasteiger partial charge in [0.05, 0.1) is 0 Å². The summed E-state index contributed by atoms with van der Waals surface area (Å²) in [4.78, 5) is 15.0. The van der Waals surface area contributed by atoms with Gasteiger partial charge in [-0.15, -0.1) is 24.8 Å². The summed E-state index contributed by atoms with van der Waals surface area (Å²) in [5, 5.41) is 12.1. The molecular weight excluding hydrogens is 401 g/mol. The number of ether oxygens (including phenoxy) is 1. The first-order valence-corrected chi connectivity index (χ1v) is 8.13. The number of hydrogen-bond acceptors (Lipinski definition) is 5. The summed E-state index contributed by atoms with van der Waals surface area (Å²) in [6.45, 7) is 0. The molecule has 0 unspecified atom stereocenters. The van der Waals surface area contributed by atoms with Crippen molar-refractivity contribution in [3.63, 3.8) is 0 Å². The van der Waals surface area contributed by atoms with Crippen molar-refractivity contribution in [3.05, 3.63) is 78.5 Å². The third-order valence-electron chi connectivity index (χ3n) is 3.72. The molecule has 3 rings (SSSR count). The lowest BCUT2D eigenvalue weighted by atomic mass is 10.1. The molecule has 2 aromatic carbocycles. The van der Waals surface area contributed by atoms with Crippen LogP contribution < -0.4 is 15.8 Å². The fourth-order valence-corrected chi connectivity index (χ4v) is 2.36. The van der Waals surface area contributed by atoms with E-state index in [2.05, 4.69) is 10.3 Å². The Morgan fingerprint density at radius 2 is 1.61 bits per heavy atom. The number of aliphatic carboxylic acids is 1. The molecule has 0 bridgehead atoms. The van der Waals surface area contributed by atoms with Gasteiger partial charge in [-0.05, 0) is 60.5 Å². The fourth-order valence-electron chi connectivity index (χ4n) is 2.36. The summed E-state index contributed by atoms with van der Waals surface area (Å²) in [5.74, 6) is 1.13. The smallest absolute Gasteiger partial charge is 0.320 e. The van der Waals surface area contributed by atoms with Gasteiger partial charge in [0.25, 0.3) is 0 Å². The van der Waals surface area contributed by atoms with Crippen LogP contribution in [0.2, 0.25) is 0 Å². The van der Waals surface area contributed by atoms with Crippen molar-refractivity contribution >= 4 is 42.3 Å². The van der Waals surface area contributed by atoms with Crippen LogP contribution in [0.4, 0.5) is 11.5 Å². The first kappa shape index (κ1) is 23.2. The van der Waals surface area contributed by atoms with Crippen LogP contribution in [0.25, 0.3) is 0 Å². The highest BCUT2D eigenvalue weighted by Crippen LogP contribution is 2.24. The Morgan fingerprint density at radius 1 is 1.00 bits per heavy atom. The molecule has 4 N–H and O–H groups in total. The van der Waals surface area contributed by atoms with Crippen molar-refractivity contribution in [1.82, 2.24) is 4.98 Å². The number of nitrogens with one attached hydrogen (secondary N) is 1. The molecule has 8 heteroatoms. The molecule has 1 heterocycles. The first-order valence-electron chi connectivity index (χ1n) is 8.13. The largest absolute Gasteiger partial charge is 0.480 e. The second-order valence-electron chi connectivity index (χ2n) is 5.76. The topological polar surface area (TPSA) is 97.5 Å². The minimum atomic E-state index is -1.01. The molecule has 0 saturated heterocycles. The lowest BCUT2D eigenvalue weighted by Crippen LogP contribution is -2.32. The Hall–Kier alpha value is -2.80. The molecule has 6 nitrogen and oxygen atoms in total. The number of nitrogens with zero attached hydrogens (tertiary/aromatic N) is 1. The molecule has 148 valence electrons. The highest BCUT2D eigenvalue weighted by Gasteiger charge is 2.11. The molecule has 0 aliphatic heterocycles. The zero-order chi connectivity index (χ0) is 18.4. The van der Waals surface area contributed by atoms with Crippen LogP contribution >= 0.6 is 24.8 Å². The third kappa shape index (κ3) is 6.74. The van der Waals surface area contributed by atoms with Gasteiger partial charge in [0, 0.05) is 11.9 Å². The molecule has 3 aromatic rings. The van der Waals surface area contributed by atoms with Crippen molar-refractivity contribution in [2.45, 2.75) is 12.5 Å². The summed E-state index contributed by atoms with van der Waals surface area (Å²) in [6, 6.07) is 19.5. The molecule has 0 spiro atoms. The third-order valence-corrected chi connectivity index (χ3v) is 3.72. The molecule has 28 heavy (non-hydrogen) atoms. The number of carboxylic acid groups (broad SMARTS) is 1. The highest BCUT2D eigenvalue weighted by molar-refractivity contribution is 5.85. The van der Waals surface area contributed by atoms with Crippen LogP contribution in [0.1, 0.15) is 5.56 Å². The van der Waals surface area contributed by atoms with Gasteiger partial charge in [-0.1, -0.05) is 18.2 Å². The monoisotopic (exact) mass is 421 g/mol. The second-order valence-corrected chi connectivity index (χ2v) is 5.76. The average Bonchev–Trinajstić information content (AvgIpc) is 2.66. The van der Waals surface area contributed by atoms with Crippen molar-refractivity contribution in [2.75, 3.05) is 5.32 Å². The summed E-state index contributed by atoms with van der Waals surface area (Å²) in [5.41, 5.74) is 7.30. The predicted molar refractivity (Wildman–Crippen MR) is 114 cm³/mol. The number of pyridine rings is 1. The van der Waals surface area contributed by atoms with E-state index in [4.69, 9.17) is 15.6 Å². The van der Waals surface area contributed by atoms with Crippen molar-refractivity contribution in [1.29, 1.82) is 0 Å². The van der Waals surface area contributed by atoms with E-state index in [1.54, 1.807) is 18.3 Å². The molecular formula is C20H21Cl2N3O3. The van der Waals surface area contributed by atoms with Crippen LogP contribution in [-0.4, -0.2) is 22.1 Å². The first-order chi connectivity index (χ1) is 12.6. The van der Waals surface area contributed by atoms with Crippen molar-refractivity contribution < 1.29 is 14.6 Å². The second kappa shape index (κ2) is 11.1. The normalized spacial score (nSPS) is 10.8. The molecule has 0 aliphatic carbocycles. The molecule has 0 radical (unpaired) electrons. The standard InChI is InChI=1S/C20H19N3O3.2ClH/c21-18(20(24)25)13-14-4-8-16(9-5-14)26-17-10-6-15(7-11-17)23-19-3-1-2-12-22-19;;/h1-12,18H,13,21H2,(H,22,23)(H,24,25);2*1H/t18-;;/m0../s1. The maximum Gasteiger partial charge on any atom is 0.320 e. The van der Waals surface area contributed by atoms with E-state index in [9.17, 15) is 4.79 Å². The molecule has 1 atom stereocenters. The van der Waals surface area contributed by atoms with E-state index in [-0.39, 0.29) is 31.2 Å². The summed E-state index contributed by atoms with van der Waals surface area (Å²) < 4.78 is 5.80. The number of rotatable bonds is 7. The van der Waals surface area contributed by atoms with Gasteiger partial charge in [0.1, 0.15) is 23.4 Å². The molecule has 1 aromatic heterocycles. The zero-order valence-corrected chi connectivity index (χ0v) is 16.5. The molecule has 0 saturated carbocycles. The van der Waals surface area contributed by atoms with Gasteiger partial charge >= 0.3 is 5.97 Å². The van der Waals surface area contributed by atoms with Crippen LogP contribution in [0.15, 0.2) is 72.9 Å². The summed E-state index contributed by atoms with van der Waals surface area (Å²) in [7, 11) is 0. The van der Waals surface area contributed by atoms with E-state index in [0.29, 0.717) is 11.5 Å². The maximum absolute atomic E-state index is 10.8. The van der Waals surface area contributed by atoms with E-state index in [0.717, 1.165) is 17.1 Å². The van der Waals surface area contributed by atoms with Crippen LogP contribution in [0.5, 0.6) is 11.5 Å². The van der Waals surface area contributed by atoms with Gasteiger partial charge in [-0.2, -0.15) is 0 Å². The predicted octanol–water partition coefficient (Wildman–Crippen LogP) is 4.42. The molecule has 0 amide bonds. The average molecular weight is 422 g/mol. The number of aromatic nitrogens is 1. The van der Waals surface area contributed by atoms with Gasteiger partial charge < -0.3 is 20.9 Å². The van der Waals surface area contributed by atoms with Crippen molar-refractivity contribution in [3.8, 4) is 11.5 Å². The maximum atomic E-state index is 10.8. The van der Waals surface area contributed by atoms with Crippen LogP contribution in [0.3, 0.4) is 0 Å². The zero-order valence-electron chi connectivity index (χ0n) is 14.8. The minimum Gasteiger partial charge on any atom is -0.480 e. The van der Waals surface area contributed by atoms with E-state index in [1.807, 2.05) is 54.6 Å². The Bertz CT molecular complexity index is 860. The number of carboxylic acids is 1.